The molecule has 0 bridgehead atoms. The number of para-hydroxylation sites is 5. The van der Waals surface area contributed by atoms with Crippen LogP contribution in [0.15, 0.2) is 224 Å². The van der Waals surface area contributed by atoms with Crippen LogP contribution in [-0.2, 0) is 0 Å². The topological polar surface area (TPSA) is 11.4 Å². The van der Waals surface area contributed by atoms with Gasteiger partial charge in [-0.3, -0.25) is 0 Å². The smallest absolute Gasteiger partial charge is 0.0555 e. The van der Waals surface area contributed by atoms with Crippen molar-refractivity contribution in [2.24, 2.45) is 0 Å². The number of benzene rings is 9. The maximum atomic E-state index is 2.45. The van der Waals surface area contributed by atoms with Crippen LogP contribution in [0.4, 0.5) is 34.1 Å². The normalized spacial score (nSPS) is 11.4. The van der Waals surface area contributed by atoms with Gasteiger partial charge in [0.1, 0.15) is 0 Å². The molecule has 9 aromatic carbocycles. The molecule has 58 heavy (non-hydrogen) atoms. The number of nitrogens with zero attached hydrogens (tertiary/aromatic N) is 3. The number of thiophene rings is 1. The zero-order valence-corrected chi connectivity index (χ0v) is 32.4. The average Bonchev–Trinajstić information content (AvgIpc) is 3.84. The number of rotatable bonds is 8. The summed E-state index contributed by atoms with van der Waals surface area (Å²) in [6.07, 6.45) is 0. The highest BCUT2D eigenvalue weighted by molar-refractivity contribution is 7.26. The predicted octanol–water partition coefficient (Wildman–Crippen LogP) is 15.8. The molecule has 0 radical (unpaired) electrons. The van der Waals surface area contributed by atoms with E-state index >= 15 is 0 Å². The van der Waals surface area contributed by atoms with E-state index < -0.39 is 0 Å². The maximum Gasteiger partial charge on any atom is 0.0555 e. The molecular formula is C54H37N3S. The second-order valence-corrected chi connectivity index (χ2v) is 15.6. The summed E-state index contributed by atoms with van der Waals surface area (Å²) in [5.41, 5.74) is 12.3. The number of aromatic nitrogens is 1. The van der Waals surface area contributed by atoms with Gasteiger partial charge in [0.25, 0.3) is 0 Å². The van der Waals surface area contributed by atoms with E-state index in [1.54, 1.807) is 0 Å². The lowest BCUT2D eigenvalue weighted by Gasteiger charge is -2.30. The molecule has 0 saturated carbocycles. The lowest BCUT2D eigenvalue weighted by molar-refractivity contribution is 1.18. The fraction of sp³-hybridized carbons (Fsp3) is 0. The van der Waals surface area contributed by atoms with E-state index in [9.17, 15) is 0 Å². The van der Waals surface area contributed by atoms with E-state index in [4.69, 9.17) is 0 Å². The van der Waals surface area contributed by atoms with Crippen LogP contribution in [0.5, 0.6) is 0 Å². The van der Waals surface area contributed by atoms with Gasteiger partial charge in [-0.15, -0.1) is 11.3 Å². The molecular weight excluding hydrogens is 723 g/mol. The van der Waals surface area contributed by atoms with Crippen LogP contribution in [0, 0.1) is 0 Å². The summed E-state index contributed by atoms with van der Waals surface area (Å²) in [4.78, 5) is 4.72. The molecule has 11 aromatic rings. The molecule has 0 N–H and O–H groups in total. The first-order valence-corrected chi connectivity index (χ1v) is 20.5. The van der Waals surface area contributed by atoms with Crippen molar-refractivity contribution in [2.45, 2.75) is 0 Å². The minimum Gasteiger partial charge on any atom is -0.310 e. The highest BCUT2D eigenvalue weighted by Gasteiger charge is 2.21. The summed E-state index contributed by atoms with van der Waals surface area (Å²) >= 11 is 1.89. The van der Waals surface area contributed by atoms with Gasteiger partial charge in [0.15, 0.2) is 0 Å². The van der Waals surface area contributed by atoms with Gasteiger partial charge in [0.2, 0.25) is 0 Å². The number of anilines is 6. The standard InChI is InChI=1S/C54H37N3S/c1-6-18-40(19-7-1)55(41-20-8-2-9-21-41)45-34-39(35-46(37-45)56(42-22-10-3-11-23-42)43-24-12-4-13-25-43)38-30-31-49-51(36-38)57(44-26-14-5-15-27-44)50-33-32-48-47-28-16-17-29-52(47)58-54(48)53(49)50/h1-37H. The largest absolute Gasteiger partial charge is 0.310 e. The van der Waals surface area contributed by atoms with Gasteiger partial charge >= 0.3 is 0 Å². The summed E-state index contributed by atoms with van der Waals surface area (Å²) < 4.78 is 5.09. The molecule has 0 amide bonds. The monoisotopic (exact) mass is 759 g/mol. The first kappa shape index (κ1) is 33.9. The van der Waals surface area contributed by atoms with E-state index in [0.717, 1.165) is 50.9 Å². The summed E-state index contributed by atoms with van der Waals surface area (Å²) in [6.45, 7) is 0. The number of hydrogen-bond donors (Lipinski definition) is 0. The molecule has 0 spiro atoms. The Morgan fingerprint density at radius 2 is 0.810 bits per heavy atom. The van der Waals surface area contributed by atoms with E-state index in [0.29, 0.717) is 0 Å². The quantitative estimate of drug-likeness (QED) is 0.153. The van der Waals surface area contributed by atoms with E-state index in [-0.39, 0.29) is 0 Å². The lowest BCUT2D eigenvalue weighted by atomic mass is 10.00. The Morgan fingerprint density at radius 1 is 0.328 bits per heavy atom. The molecule has 0 saturated heterocycles. The molecule has 0 unspecified atom stereocenters. The number of fused-ring (bicyclic) bond motifs is 7. The Morgan fingerprint density at radius 3 is 1.36 bits per heavy atom. The SMILES string of the molecule is c1ccc(N(c2ccccc2)c2cc(-c3ccc4c5c6sc7ccccc7c6ccc5n(-c5ccccc5)c4c3)cc(N(c3ccccc3)c3ccccc3)c2)cc1. The van der Waals surface area contributed by atoms with Crippen LogP contribution >= 0.6 is 11.3 Å². The first-order valence-electron chi connectivity index (χ1n) is 19.7. The fourth-order valence-electron chi connectivity index (χ4n) is 8.54. The van der Waals surface area contributed by atoms with Crippen LogP contribution in [0.1, 0.15) is 0 Å². The van der Waals surface area contributed by atoms with Crippen LogP contribution in [-0.4, -0.2) is 4.57 Å². The molecule has 0 fully saturated rings. The van der Waals surface area contributed by atoms with Crippen molar-refractivity contribution in [1.82, 2.24) is 4.57 Å². The molecule has 2 heterocycles. The van der Waals surface area contributed by atoms with E-state index in [2.05, 4.69) is 239 Å². The van der Waals surface area contributed by atoms with Crippen molar-refractivity contribution in [2.75, 3.05) is 9.80 Å². The summed E-state index contributed by atoms with van der Waals surface area (Å²) in [7, 11) is 0. The molecule has 3 nitrogen and oxygen atoms in total. The van der Waals surface area contributed by atoms with Crippen molar-refractivity contribution in [3.05, 3.63) is 224 Å². The zero-order chi connectivity index (χ0) is 38.4. The van der Waals surface area contributed by atoms with Gasteiger partial charge in [0.05, 0.1) is 11.0 Å². The predicted molar refractivity (Wildman–Crippen MR) is 248 cm³/mol. The molecule has 0 aliphatic rings. The molecule has 2 aromatic heterocycles. The summed E-state index contributed by atoms with van der Waals surface area (Å²) in [6, 6.07) is 81.0. The maximum absolute atomic E-state index is 2.45. The molecule has 0 aliphatic carbocycles. The van der Waals surface area contributed by atoms with Crippen molar-refractivity contribution in [3.63, 3.8) is 0 Å². The van der Waals surface area contributed by atoms with Gasteiger partial charge in [-0.05, 0) is 108 Å². The highest BCUT2D eigenvalue weighted by atomic mass is 32.1. The van der Waals surface area contributed by atoms with Crippen molar-refractivity contribution < 1.29 is 0 Å². The Labute approximate surface area is 341 Å². The molecule has 0 aliphatic heterocycles. The van der Waals surface area contributed by atoms with E-state index in [1.807, 2.05) is 11.3 Å². The van der Waals surface area contributed by atoms with Gasteiger partial charge in [-0.1, -0.05) is 127 Å². The third kappa shape index (κ3) is 5.82. The second kappa shape index (κ2) is 14.3. The van der Waals surface area contributed by atoms with Crippen LogP contribution in [0.3, 0.4) is 0 Å². The van der Waals surface area contributed by atoms with Gasteiger partial charge in [0, 0.05) is 70.8 Å². The Balaban J connectivity index is 1.20. The minimum absolute atomic E-state index is 1.07. The average molecular weight is 760 g/mol. The third-order valence-electron chi connectivity index (χ3n) is 11.1. The van der Waals surface area contributed by atoms with Gasteiger partial charge < -0.3 is 14.4 Å². The molecule has 11 rings (SSSR count). The summed E-state index contributed by atoms with van der Waals surface area (Å²) in [5, 5.41) is 5.18. The fourth-order valence-corrected chi connectivity index (χ4v) is 9.80. The minimum atomic E-state index is 1.07. The van der Waals surface area contributed by atoms with Crippen LogP contribution in [0.25, 0.3) is 58.8 Å². The van der Waals surface area contributed by atoms with Crippen molar-refractivity contribution in [1.29, 1.82) is 0 Å². The Hall–Kier alpha value is -7.40. The van der Waals surface area contributed by atoms with Gasteiger partial charge in [-0.2, -0.15) is 0 Å². The van der Waals surface area contributed by atoms with Crippen LogP contribution in [0.2, 0.25) is 0 Å². The van der Waals surface area contributed by atoms with Crippen molar-refractivity contribution >= 4 is 87.4 Å². The first-order chi connectivity index (χ1) is 28.8. The third-order valence-corrected chi connectivity index (χ3v) is 12.3. The Kier molecular flexibility index (Phi) is 8.34. The Bertz CT molecular complexity index is 3030. The second-order valence-electron chi connectivity index (χ2n) is 14.6. The van der Waals surface area contributed by atoms with Crippen LogP contribution < -0.4 is 9.80 Å². The molecule has 4 heteroatoms. The highest BCUT2D eigenvalue weighted by Crippen LogP contribution is 2.46. The zero-order valence-electron chi connectivity index (χ0n) is 31.6. The summed E-state index contributed by atoms with van der Waals surface area (Å²) in [5.74, 6) is 0. The van der Waals surface area contributed by atoms with E-state index in [1.165, 1.54) is 42.0 Å². The van der Waals surface area contributed by atoms with Gasteiger partial charge in [-0.25, -0.2) is 0 Å². The molecule has 274 valence electrons. The lowest BCUT2D eigenvalue weighted by Crippen LogP contribution is -2.13. The molecule has 0 atom stereocenters. The van der Waals surface area contributed by atoms with Crippen molar-refractivity contribution in [3.8, 4) is 16.8 Å². The number of hydrogen-bond acceptors (Lipinski definition) is 3.